The normalized spacial score (nSPS) is 36.2. The van der Waals surface area contributed by atoms with Gasteiger partial charge in [-0.3, -0.25) is 15.0 Å². The number of nitrogens with zero attached hydrogens (tertiary/aromatic N) is 1. The van der Waals surface area contributed by atoms with Crippen LogP contribution in [0.15, 0.2) is 0 Å². The van der Waals surface area contributed by atoms with Gasteiger partial charge in [0.15, 0.2) is 0 Å². The fourth-order valence-corrected chi connectivity index (χ4v) is 3.21. The Kier molecular flexibility index (Phi) is 3.22. The summed E-state index contributed by atoms with van der Waals surface area (Å²) in [6, 6.07) is 0.687. The van der Waals surface area contributed by atoms with E-state index in [-0.39, 0.29) is 5.91 Å². The van der Waals surface area contributed by atoms with Crippen LogP contribution in [0.1, 0.15) is 39.5 Å². The number of carbonyl (C=O) groups excluding carboxylic acids is 1. The summed E-state index contributed by atoms with van der Waals surface area (Å²) in [5, 5.41) is 3.50. The van der Waals surface area contributed by atoms with Crippen LogP contribution in [0.25, 0.3) is 0 Å². The maximum Gasteiger partial charge on any atom is 0.239 e. The summed E-state index contributed by atoms with van der Waals surface area (Å²) in [5.74, 6) is -0.165. The van der Waals surface area contributed by atoms with Gasteiger partial charge in [-0.05, 0) is 39.2 Å². The monoisotopic (exact) mass is 225 g/mol. The highest BCUT2D eigenvalue weighted by atomic mass is 16.1. The number of hydrogen-bond acceptors (Lipinski definition) is 3. The van der Waals surface area contributed by atoms with Crippen molar-refractivity contribution < 1.29 is 4.79 Å². The fraction of sp³-hybridized carbons (Fsp3) is 0.917. The van der Waals surface area contributed by atoms with Gasteiger partial charge in [-0.15, -0.1) is 0 Å². The average Bonchev–Trinajstić information content (AvgIpc) is 2.81. The topological polar surface area (TPSA) is 58.4 Å². The second kappa shape index (κ2) is 4.34. The zero-order valence-corrected chi connectivity index (χ0v) is 10.3. The van der Waals surface area contributed by atoms with Crippen molar-refractivity contribution in [2.45, 2.75) is 57.2 Å². The molecule has 2 fully saturated rings. The molecule has 2 aliphatic heterocycles. The SMILES string of the molecule is CCC(C)NC1(C(N)=O)CCN2CCCC21. The van der Waals surface area contributed by atoms with Crippen LogP contribution in [0, 0.1) is 0 Å². The molecular weight excluding hydrogens is 202 g/mol. The molecule has 3 unspecified atom stereocenters. The van der Waals surface area contributed by atoms with E-state index in [1.54, 1.807) is 0 Å². The molecular formula is C12H23N3O. The van der Waals surface area contributed by atoms with Crippen molar-refractivity contribution in [2.75, 3.05) is 13.1 Å². The van der Waals surface area contributed by atoms with Crippen molar-refractivity contribution >= 4 is 5.91 Å². The molecule has 0 aromatic carbocycles. The van der Waals surface area contributed by atoms with Crippen LogP contribution in [-0.4, -0.2) is 41.5 Å². The number of fused-ring (bicyclic) bond motifs is 1. The quantitative estimate of drug-likeness (QED) is 0.731. The highest BCUT2D eigenvalue weighted by Crippen LogP contribution is 2.36. The van der Waals surface area contributed by atoms with E-state index in [9.17, 15) is 4.79 Å². The van der Waals surface area contributed by atoms with E-state index in [0.29, 0.717) is 12.1 Å². The Bertz CT molecular complexity index is 281. The number of primary amides is 1. The van der Waals surface area contributed by atoms with Crippen molar-refractivity contribution in [2.24, 2.45) is 5.73 Å². The lowest BCUT2D eigenvalue weighted by Crippen LogP contribution is -2.63. The molecule has 92 valence electrons. The molecule has 4 nitrogen and oxygen atoms in total. The van der Waals surface area contributed by atoms with Gasteiger partial charge in [0.25, 0.3) is 0 Å². The van der Waals surface area contributed by atoms with Gasteiger partial charge in [0.1, 0.15) is 5.54 Å². The van der Waals surface area contributed by atoms with Crippen molar-refractivity contribution in [1.82, 2.24) is 10.2 Å². The van der Waals surface area contributed by atoms with E-state index in [1.807, 2.05) is 0 Å². The molecule has 4 heteroatoms. The summed E-state index contributed by atoms with van der Waals surface area (Å²) < 4.78 is 0. The van der Waals surface area contributed by atoms with Crippen LogP contribution in [0.4, 0.5) is 0 Å². The van der Waals surface area contributed by atoms with Gasteiger partial charge in [0.05, 0.1) is 0 Å². The fourth-order valence-electron chi connectivity index (χ4n) is 3.21. The summed E-state index contributed by atoms with van der Waals surface area (Å²) in [5.41, 5.74) is 5.20. The number of hydrogen-bond donors (Lipinski definition) is 2. The van der Waals surface area contributed by atoms with E-state index >= 15 is 0 Å². The molecule has 3 atom stereocenters. The molecule has 2 rings (SSSR count). The Morgan fingerprint density at radius 1 is 1.62 bits per heavy atom. The Labute approximate surface area is 97.6 Å². The minimum atomic E-state index is -0.466. The molecule has 1 amide bonds. The van der Waals surface area contributed by atoms with Crippen LogP contribution in [0.2, 0.25) is 0 Å². The van der Waals surface area contributed by atoms with Crippen LogP contribution in [0.3, 0.4) is 0 Å². The molecule has 2 saturated heterocycles. The number of rotatable bonds is 4. The van der Waals surface area contributed by atoms with Crippen LogP contribution in [-0.2, 0) is 4.79 Å². The minimum absolute atomic E-state index is 0.165. The van der Waals surface area contributed by atoms with Gasteiger partial charge >= 0.3 is 0 Å². The van der Waals surface area contributed by atoms with Gasteiger partial charge in [0, 0.05) is 18.6 Å². The number of nitrogens with two attached hydrogens (primary N) is 1. The molecule has 2 heterocycles. The summed E-state index contributed by atoms with van der Waals surface area (Å²) in [7, 11) is 0. The van der Waals surface area contributed by atoms with Crippen LogP contribution >= 0.6 is 0 Å². The number of carbonyl (C=O) groups is 1. The summed E-state index contributed by atoms with van der Waals surface area (Å²) in [6.07, 6.45) is 4.20. The first-order chi connectivity index (χ1) is 7.60. The van der Waals surface area contributed by atoms with Crippen LogP contribution in [0.5, 0.6) is 0 Å². The van der Waals surface area contributed by atoms with E-state index in [0.717, 1.165) is 32.4 Å². The van der Waals surface area contributed by atoms with Gasteiger partial charge in [-0.25, -0.2) is 0 Å². The third kappa shape index (κ3) is 1.74. The van der Waals surface area contributed by atoms with Crippen molar-refractivity contribution in [3.05, 3.63) is 0 Å². The molecule has 0 aromatic rings. The molecule has 0 saturated carbocycles. The number of amides is 1. The Morgan fingerprint density at radius 3 is 3.00 bits per heavy atom. The second-order valence-electron chi connectivity index (χ2n) is 5.23. The van der Waals surface area contributed by atoms with E-state index in [2.05, 4.69) is 24.1 Å². The predicted molar refractivity (Wildman–Crippen MR) is 64.0 cm³/mol. The molecule has 3 N–H and O–H groups in total. The third-order valence-corrected chi connectivity index (χ3v) is 4.28. The first-order valence-electron chi connectivity index (χ1n) is 6.42. The van der Waals surface area contributed by atoms with E-state index in [4.69, 9.17) is 5.73 Å². The van der Waals surface area contributed by atoms with Gasteiger partial charge in [-0.1, -0.05) is 6.92 Å². The highest BCUT2D eigenvalue weighted by Gasteiger charge is 2.53. The molecule has 0 radical (unpaired) electrons. The molecule has 0 bridgehead atoms. The zero-order chi connectivity index (χ0) is 11.8. The van der Waals surface area contributed by atoms with Crippen molar-refractivity contribution in [3.63, 3.8) is 0 Å². The summed E-state index contributed by atoms with van der Waals surface area (Å²) >= 11 is 0. The minimum Gasteiger partial charge on any atom is -0.368 e. The lowest BCUT2D eigenvalue weighted by Gasteiger charge is -2.35. The molecule has 2 aliphatic rings. The van der Waals surface area contributed by atoms with Crippen molar-refractivity contribution in [3.8, 4) is 0 Å². The molecule has 16 heavy (non-hydrogen) atoms. The maximum atomic E-state index is 11.9. The lowest BCUT2D eigenvalue weighted by atomic mass is 9.86. The highest BCUT2D eigenvalue weighted by molar-refractivity contribution is 5.86. The average molecular weight is 225 g/mol. The van der Waals surface area contributed by atoms with Crippen LogP contribution < -0.4 is 11.1 Å². The van der Waals surface area contributed by atoms with Gasteiger partial charge < -0.3 is 5.73 Å². The first kappa shape index (κ1) is 11.9. The smallest absolute Gasteiger partial charge is 0.239 e. The third-order valence-electron chi connectivity index (χ3n) is 4.28. The van der Waals surface area contributed by atoms with E-state index in [1.165, 1.54) is 6.42 Å². The maximum absolute atomic E-state index is 11.9. The standard InChI is InChI=1S/C12H23N3O/c1-3-9(2)14-12(11(13)16)6-8-15-7-4-5-10(12)15/h9-10,14H,3-8H2,1-2H3,(H2,13,16). The summed E-state index contributed by atoms with van der Waals surface area (Å²) in [4.78, 5) is 14.3. The summed E-state index contributed by atoms with van der Waals surface area (Å²) in [6.45, 7) is 6.40. The largest absolute Gasteiger partial charge is 0.368 e. The van der Waals surface area contributed by atoms with Gasteiger partial charge in [0.2, 0.25) is 5.91 Å². The lowest BCUT2D eigenvalue weighted by molar-refractivity contribution is -0.125. The zero-order valence-electron chi connectivity index (χ0n) is 10.3. The predicted octanol–water partition coefficient (Wildman–Crippen LogP) is 0.467. The van der Waals surface area contributed by atoms with Crippen molar-refractivity contribution in [1.29, 1.82) is 0 Å². The Hall–Kier alpha value is -0.610. The molecule has 0 aliphatic carbocycles. The Morgan fingerprint density at radius 2 is 2.38 bits per heavy atom. The second-order valence-corrected chi connectivity index (χ2v) is 5.23. The molecule has 0 spiro atoms. The Balaban J connectivity index is 2.19. The molecule has 0 aromatic heterocycles. The first-order valence-corrected chi connectivity index (χ1v) is 6.42. The van der Waals surface area contributed by atoms with E-state index < -0.39 is 5.54 Å². The van der Waals surface area contributed by atoms with Gasteiger partial charge in [-0.2, -0.15) is 0 Å². The number of nitrogens with one attached hydrogen (secondary N) is 1.